The van der Waals surface area contributed by atoms with Gasteiger partial charge in [-0.15, -0.1) is 0 Å². The molecule has 0 saturated carbocycles. The number of fused-ring (bicyclic) bond motifs is 1. The van der Waals surface area contributed by atoms with Crippen molar-refractivity contribution < 1.29 is 8.78 Å². The van der Waals surface area contributed by atoms with E-state index in [1.165, 1.54) is 6.07 Å². The lowest BCUT2D eigenvalue weighted by atomic mass is 9.99. The van der Waals surface area contributed by atoms with Crippen molar-refractivity contribution in [1.29, 1.82) is 0 Å². The number of aromatic nitrogens is 3. The fourth-order valence-electron chi connectivity index (χ4n) is 4.49. The van der Waals surface area contributed by atoms with Gasteiger partial charge in [-0.2, -0.15) is 4.98 Å². The van der Waals surface area contributed by atoms with E-state index in [-0.39, 0.29) is 6.54 Å². The molecule has 5 rings (SSSR count). The largest absolute Gasteiger partial charge is 0.350 e. The van der Waals surface area contributed by atoms with E-state index >= 15 is 0 Å². The molecule has 0 radical (unpaired) electrons. The van der Waals surface area contributed by atoms with Crippen LogP contribution in [0.25, 0.3) is 22.3 Å². The maximum absolute atomic E-state index is 13.6. The summed E-state index contributed by atoms with van der Waals surface area (Å²) >= 11 is 17.0. The van der Waals surface area contributed by atoms with Crippen LogP contribution in [0.5, 0.6) is 0 Å². The van der Waals surface area contributed by atoms with Gasteiger partial charge in [0.05, 0.1) is 25.6 Å². The summed E-state index contributed by atoms with van der Waals surface area (Å²) in [6.45, 7) is 2.92. The standard InChI is InChI=1S/C25H22BrCl2F2N5/c26-22-16-12-33-25(32-11-14-6-7-19(29)20(30)9-14)34-24(16)35(13-15-3-2-8-31-10-15)23(22)21-17(27)4-1-5-18(21)28/h1,4-7,9,12,15,31H,2-3,8,10-11,13H2,(H,32,33,34)/t15-/m1/s1. The lowest BCUT2D eigenvalue weighted by Crippen LogP contribution is -2.32. The summed E-state index contributed by atoms with van der Waals surface area (Å²) in [7, 11) is 0. The van der Waals surface area contributed by atoms with Gasteiger partial charge in [-0.1, -0.05) is 35.3 Å². The van der Waals surface area contributed by atoms with Crippen LogP contribution in [0.3, 0.4) is 0 Å². The molecule has 3 heterocycles. The highest BCUT2D eigenvalue weighted by molar-refractivity contribution is 9.10. The van der Waals surface area contributed by atoms with Crippen molar-refractivity contribution >= 4 is 56.1 Å². The van der Waals surface area contributed by atoms with Crippen LogP contribution >= 0.6 is 39.1 Å². The van der Waals surface area contributed by atoms with E-state index < -0.39 is 11.6 Å². The molecule has 35 heavy (non-hydrogen) atoms. The summed E-state index contributed by atoms with van der Waals surface area (Å²) in [4.78, 5) is 9.25. The SMILES string of the molecule is Fc1ccc(CNc2ncc3c(Br)c(-c4c(Cl)cccc4Cl)n(C[C@@H]4CCCNC4)c3n2)cc1F. The Morgan fingerprint density at radius 2 is 1.94 bits per heavy atom. The third kappa shape index (κ3) is 5.03. The zero-order valence-electron chi connectivity index (χ0n) is 18.6. The van der Waals surface area contributed by atoms with Crippen LogP contribution in [0.15, 0.2) is 47.1 Å². The number of hydrogen-bond acceptors (Lipinski definition) is 4. The highest BCUT2D eigenvalue weighted by Gasteiger charge is 2.25. The topological polar surface area (TPSA) is 54.8 Å². The number of nitrogens with zero attached hydrogens (tertiary/aromatic N) is 3. The van der Waals surface area contributed by atoms with Gasteiger partial charge in [0.15, 0.2) is 11.6 Å². The van der Waals surface area contributed by atoms with Crippen LogP contribution in [0.4, 0.5) is 14.7 Å². The van der Waals surface area contributed by atoms with Gasteiger partial charge in [-0.25, -0.2) is 13.8 Å². The number of rotatable bonds is 6. The quantitative estimate of drug-likeness (QED) is 0.256. The summed E-state index contributed by atoms with van der Waals surface area (Å²) < 4.78 is 29.8. The van der Waals surface area contributed by atoms with Crippen LogP contribution < -0.4 is 10.6 Å². The predicted molar refractivity (Wildman–Crippen MR) is 140 cm³/mol. The van der Waals surface area contributed by atoms with Gasteiger partial charge in [-0.3, -0.25) is 0 Å². The Hall–Kier alpha value is -2.26. The molecule has 2 aromatic carbocycles. The van der Waals surface area contributed by atoms with E-state index in [9.17, 15) is 8.78 Å². The molecule has 5 nitrogen and oxygen atoms in total. The molecule has 1 atom stereocenters. The Morgan fingerprint density at radius 1 is 1.14 bits per heavy atom. The van der Waals surface area contributed by atoms with E-state index in [0.717, 1.165) is 71.4 Å². The van der Waals surface area contributed by atoms with Gasteiger partial charge in [0.2, 0.25) is 5.95 Å². The number of halogens is 5. The van der Waals surface area contributed by atoms with E-state index in [2.05, 4.69) is 36.1 Å². The monoisotopic (exact) mass is 579 g/mol. The fraction of sp³-hybridized carbons (Fsp3) is 0.280. The fourth-order valence-corrected chi connectivity index (χ4v) is 5.75. The van der Waals surface area contributed by atoms with E-state index in [0.29, 0.717) is 27.5 Å². The molecule has 182 valence electrons. The van der Waals surface area contributed by atoms with Crippen LogP contribution in [-0.2, 0) is 13.1 Å². The number of hydrogen-bond donors (Lipinski definition) is 2. The first-order valence-corrected chi connectivity index (χ1v) is 12.8. The molecule has 2 aromatic heterocycles. The Bertz CT molecular complexity index is 1370. The Labute approximate surface area is 220 Å². The second kappa shape index (κ2) is 10.4. The molecule has 0 aliphatic carbocycles. The van der Waals surface area contributed by atoms with Gasteiger partial charge in [0.1, 0.15) is 5.65 Å². The summed E-state index contributed by atoms with van der Waals surface area (Å²) in [5.74, 6) is -0.968. The molecule has 4 aromatic rings. The van der Waals surface area contributed by atoms with Crippen molar-refractivity contribution in [2.45, 2.75) is 25.9 Å². The number of anilines is 1. The number of benzene rings is 2. The molecule has 1 saturated heterocycles. The molecule has 1 fully saturated rings. The van der Waals surface area contributed by atoms with Crippen LogP contribution in [0.2, 0.25) is 10.0 Å². The van der Waals surface area contributed by atoms with Crippen molar-refractivity contribution in [2.24, 2.45) is 5.92 Å². The maximum Gasteiger partial charge on any atom is 0.224 e. The number of nitrogens with one attached hydrogen (secondary N) is 2. The van der Waals surface area contributed by atoms with Crippen molar-refractivity contribution in [2.75, 3.05) is 18.4 Å². The molecule has 1 aliphatic rings. The lowest BCUT2D eigenvalue weighted by Gasteiger charge is -2.25. The molecule has 0 amide bonds. The molecular formula is C25H22BrCl2F2N5. The minimum absolute atomic E-state index is 0.250. The van der Waals surface area contributed by atoms with Crippen LogP contribution in [0.1, 0.15) is 18.4 Å². The van der Waals surface area contributed by atoms with Crippen molar-refractivity contribution in [1.82, 2.24) is 19.9 Å². The molecule has 1 aliphatic heterocycles. The molecule has 2 N–H and O–H groups in total. The average molecular weight is 581 g/mol. The van der Waals surface area contributed by atoms with Gasteiger partial charge >= 0.3 is 0 Å². The molecular weight excluding hydrogens is 559 g/mol. The number of piperidine rings is 1. The highest BCUT2D eigenvalue weighted by Crippen LogP contribution is 2.43. The normalized spacial score (nSPS) is 16.1. The summed E-state index contributed by atoms with van der Waals surface area (Å²) in [6, 6.07) is 9.25. The zero-order valence-corrected chi connectivity index (χ0v) is 21.7. The van der Waals surface area contributed by atoms with E-state index in [1.54, 1.807) is 6.20 Å². The Kier molecular flexibility index (Phi) is 7.25. The molecule has 10 heteroatoms. The third-order valence-corrected chi connectivity index (χ3v) is 7.65. The van der Waals surface area contributed by atoms with Crippen LogP contribution in [-0.4, -0.2) is 27.6 Å². The van der Waals surface area contributed by atoms with Gasteiger partial charge in [-0.05, 0) is 77.6 Å². The molecule has 0 unspecified atom stereocenters. The first kappa shape index (κ1) is 24.4. The summed E-state index contributed by atoms with van der Waals surface area (Å²) in [6.07, 6.45) is 3.96. The molecule has 0 spiro atoms. The second-order valence-electron chi connectivity index (χ2n) is 8.62. The zero-order chi connectivity index (χ0) is 24.5. The first-order valence-electron chi connectivity index (χ1n) is 11.3. The average Bonchev–Trinajstić information content (AvgIpc) is 3.11. The van der Waals surface area contributed by atoms with E-state index in [4.69, 9.17) is 28.2 Å². The summed E-state index contributed by atoms with van der Waals surface area (Å²) in [5.41, 5.74) is 2.91. The second-order valence-corrected chi connectivity index (χ2v) is 10.2. The lowest BCUT2D eigenvalue weighted by molar-refractivity contribution is 0.341. The molecule has 0 bridgehead atoms. The van der Waals surface area contributed by atoms with Crippen molar-refractivity contribution in [3.8, 4) is 11.3 Å². The first-order chi connectivity index (χ1) is 16.9. The predicted octanol–water partition coefficient (Wildman–Crippen LogP) is 7.06. The van der Waals surface area contributed by atoms with E-state index in [1.807, 2.05) is 18.2 Å². The highest BCUT2D eigenvalue weighted by atomic mass is 79.9. The van der Waals surface area contributed by atoms with Crippen LogP contribution in [0, 0.1) is 17.6 Å². The minimum atomic E-state index is -0.888. The van der Waals surface area contributed by atoms with Gasteiger partial charge in [0.25, 0.3) is 0 Å². The minimum Gasteiger partial charge on any atom is -0.350 e. The maximum atomic E-state index is 13.6. The third-order valence-electron chi connectivity index (χ3n) is 6.21. The smallest absolute Gasteiger partial charge is 0.224 e. The van der Waals surface area contributed by atoms with Crippen molar-refractivity contribution in [3.63, 3.8) is 0 Å². The Morgan fingerprint density at radius 3 is 2.66 bits per heavy atom. The van der Waals surface area contributed by atoms with Gasteiger partial charge < -0.3 is 15.2 Å². The summed E-state index contributed by atoms with van der Waals surface area (Å²) in [5, 5.41) is 8.52. The Balaban J connectivity index is 1.57. The van der Waals surface area contributed by atoms with Crippen molar-refractivity contribution in [3.05, 3.63) is 74.3 Å². The van der Waals surface area contributed by atoms with Gasteiger partial charge in [0, 0.05) is 24.8 Å².